The molecular formula is C24H23N3O4. The molecule has 4 heterocycles. The van der Waals surface area contributed by atoms with Crippen molar-refractivity contribution >= 4 is 5.78 Å². The van der Waals surface area contributed by atoms with Crippen LogP contribution < -0.4 is 16.0 Å². The van der Waals surface area contributed by atoms with E-state index < -0.39 is 16.6 Å². The number of pyridine rings is 2. The number of ketones is 1. The number of Topliss-reactive ketones (excluding diaryl/α,β-unsaturated/α-hetero) is 1. The van der Waals surface area contributed by atoms with Gasteiger partial charge >= 0.3 is 0 Å². The number of benzene rings is 1. The molecule has 7 nitrogen and oxygen atoms in total. The number of carbonyl (C=O) groups is 1. The molecule has 5 rings (SSSR count). The Morgan fingerprint density at radius 3 is 2.58 bits per heavy atom. The van der Waals surface area contributed by atoms with Gasteiger partial charge in [0.1, 0.15) is 6.04 Å². The minimum absolute atomic E-state index is 0.0182. The summed E-state index contributed by atoms with van der Waals surface area (Å²) in [5.41, 5.74) is 1.44. The molecule has 1 N–H and O–H groups in total. The van der Waals surface area contributed by atoms with Crippen LogP contribution in [0.3, 0.4) is 0 Å². The summed E-state index contributed by atoms with van der Waals surface area (Å²) >= 11 is 0. The number of hydrogen-bond acceptors (Lipinski definition) is 5. The lowest BCUT2D eigenvalue weighted by atomic mass is 9.83. The van der Waals surface area contributed by atoms with Crippen LogP contribution in [-0.4, -0.2) is 26.7 Å². The second-order valence-electron chi connectivity index (χ2n) is 8.82. The molecule has 7 heteroatoms. The molecule has 0 bridgehead atoms. The van der Waals surface area contributed by atoms with E-state index in [1.54, 1.807) is 21.4 Å². The van der Waals surface area contributed by atoms with Gasteiger partial charge in [-0.05, 0) is 23.6 Å². The zero-order valence-corrected chi connectivity index (χ0v) is 17.4. The number of carbonyl (C=O) groups excluding carboxylic acids is 1. The summed E-state index contributed by atoms with van der Waals surface area (Å²) in [6, 6.07) is 14.2. The van der Waals surface area contributed by atoms with Crippen LogP contribution >= 0.6 is 0 Å². The number of aryl methyl sites for hydroxylation is 1. The van der Waals surface area contributed by atoms with E-state index in [0.717, 1.165) is 16.8 Å². The lowest BCUT2D eigenvalue weighted by Gasteiger charge is -2.45. The summed E-state index contributed by atoms with van der Waals surface area (Å²) < 4.78 is 3.36. The van der Waals surface area contributed by atoms with Crippen molar-refractivity contribution in [1.82, 2.24) is 9.24 Å². The zero-order chi connectivity index (χ0) is 21.9. The number of aromatic nitrogens is 2. The van der Waals surface area contributed by atoms with Gasteiger partial charge in [0.25, 0.3) is 5.56 Å². The highest BCUT2D eigenvalue weighted by molar-refractivity contribution is 6.02. The number of aromatic hydroxyl groups is 1. The third kappa shape index (κ3) is 2.84. The molecule has 2 aromatic heterocycles. The second-order valence-corrected chi connectivity index (χ2v) is 8.82. The van der Waals surface area contributed by atoms with Crippen LogP contribution in [0.2, 0.25) is 0 Å². The van der Waals surface area contributed by atoms with E-state index >= 15 is 0 Å². The summed E-state index contributed by atoms with van der Waals surface area (Å²) in [7, 11) is 0. The van der Waals surface area contributed by atoms with E-state index in [0.29, 0.717) is 19.5 Å². The van der Waals surface area contributed by atoms with Crippen molar-refractivity contribution < 1.29 is 9.90 Å². The lowest BCUT2D eigenvalue weighted by Crippen LogP contribution is -2.54. The van der Waals surface area contributed by atoms with Gasteiger partial charge in [-0.15, -0.1) is 0 Å². The fraction of sp³-hybridized carbons (Fsp3) is 0.292. The van der Waals surface area contributed by atoms with Crippen LogP contribution in [0.1, 0.15) is 47.2 Å². The first-order valence-electron chi connectivity index (χ1n) is 10.3. The quantitative estimate of drug-likeness (QED) is 0.656. The van der Waals surface area contributed by atoms with E-state index in [1.807, 2.05) is 43.1 Å². The highest BCUT2D eigenvalue weighted by Crippen LogP contribution is 2.39. The summed E-state index contributed by atoms with van der Waals surface area (Å²) in [5, 5.41) is 12.5. The fourth-order valence-corrected chi connectivity index (χ4v) is 4.78. The molecule has 31 heavy (non-hydrogen) atoms. The Morgan fingerprint density at radius 2 is 1.77 bits per heavy atom. The molecule has 0 saturated heterocycles. The number of hydrogen-bond donors (Lipinski definition) is 1. The predicted octanol–water partition coefficient (Wildman–Crippen LogP) is 2.22. The molecule has 2 aliphatic rings. The van der Waals surface area contributed by atoms with E-state index in [9.17, 15) is 19.5 Å². The first kappa shape index (κ1) is 19.4. The highest BCUT2D eigenvalue weighted by Gasteiger charge is 2.44. The van der Waals surface area contributed by atoms with Gasteiger partial charge in [-0.1, -0.05) is 44.2 Å². The fourth-order valence-electron chi connectivity index (χ4n) is 4.78. The number of fused-ring (bicyclic) bond motifs is 3. The summed E-state index contributed by atoms with van der Waals surface area (Å²) in [4.78, 5) is 38.0. The van der Waals surface area contributed by atoms with Crippen molar-refractivity contribution in [2.75, 3.05) is 11.6 Å². The topological polar surface area (TPSA) is 84.5 Å². The molecular weight excluding hydrogens is 394 g/mol. The number of rotatable bonds is 1. The van der Waals surface area contributed by atoms with Gasteiger partial charge in [-0.3, -0.25) is 24.1 Å². The molecule has 1 unspecified atom stereocenters. The van der Waals surface area contributed by atoms with Crippen LogP contribution in [0.5, 0.6) is 5.75 Å². The Kier molecular flexibility index (Phi) is 4.18. The van der Waals surface area contributed by atoms with Crippen LogP contribution in [0.4, 0.5) is 0 Å². The minimum Gasteiger partial charge on any atom is -0.503 e. The van der Waals surface area contributed by atoms with Crippen LogP contribution in [-0.2, 0) is 13.0 Å². The molecule has 158 valence electrons. The Bertz CT molecular complexity index is 1340. The van der Waals surface area contributed by atoms with E-state index in [4.69, 9.17) is 0 Å². The standard InChI is InChI=1S/C24H23N3O4/c1-24(2)14-27(26-13-11-18(28)22(30)21(26)23(24)31)20-16-7-4-3-6-15(16)10-12-25-17(20)8-5-9-19(25)29/h3-9,11,13,20,30H,10,12,14H2,1-2H3. The van der Waals surface area contributed by atoms with Crippen LogP contribution in [0.15, 0.2) is 64.3 Å². The highest BCUT2D eigenvalue weighted by atomic mass is 16.3. The van der Waals surface area contributed by atoms with Gasteiger partial charge in [0.2, 0.25) is 5.43 Å². The maximum atomic E-state index is 13.2. The maximum Gasteiger partial charge on any atom is 0.250 e. The molecule has 2 aliphatic heterocycles. The monoisotopic (exact) mass is 417 g/mol. The molecule has 0 spiro atoms. The number of nitrogens with zero attached hydrogens (tertiary/aromatic N) is 3. The van der Waals surface area contributed by atoms with Gasteiger partial charge < -0.3 is 9.67 Å². The van der Waals surface area contributed by atoms with Crippen molar-refractivity contribution in [3.8, 4) is 5.75 Å². The third-order valence-corrected chi connectivity index (χ3v) is 6.33. The second kappa shape index (κ2) is 6.70. The molecule has 0 amide bonds. The maximum absolute atomic E-state index is 13.2. The van der Waals surface area contributed by atoms with Crippen molar-refractivity contribution in [2.24, 2.45) is 5.41 Å². The third-order valence-electron chi connectivity index (χ3n) is 6.33. The van der Waals surface area contributed by atoms with Crippen molar-refractivity contribution in [3.05, 3.63) is 97.8 Å². The average Bonchev–Trinajstić information content (AvgIpc) is 2.91. The Hall–Kier alpha value is -3.61. The molecule has 0 aliphatic carbocycles. The Balaban J connectivity index is 1.84. The predicted molar refractivity (Wildman–Crippen MR) is 116 cm³/mol. The van der Waals surface area contributed by atoms with Gasteiger partial charge in [-0.2, -0.15) is 0 Å². The first-order valence-corrected chi connectivity index (χ1v) is 10.3. The zero-order valence-electron chi connectivity index (χ0n) is 17.4. The van der Waals surface area contributed by atoms with E-state index in [-0.39, 0.29) is 23.1 Å². The minimum atomic E-state index is -0.841. The van der Waals surface area contributed by atoms with Gasteiger partial charge in [0, 0.05) is 42.5 Å². The van der Waals surface area contributed by atoms with Crippen molar-refractivity contribution in [1.29, 1.82) is 0 Å². The molecule has 0 radical (unpaired) electrons. The smallest absolute Gasteiger partial charge is 0.250 e. The largest absolute Gasteiger partial charge is 0.503 e. The molecule has 3 aromatic rings. The molecule has 0 fully saturated rings. The van der Waals surface area contributed by atoms with Crippen molar-refractivity contribution in [3.63, 3.8) is 0 Å². The summed E-state index contributed by atoms with van der Waals surface area (Å²) in [6.07, 6.45) is 2.24. The van der Waals surface area contributed by atoms with Crippen molar-refractivity contribution in [2.45, 2.75) is 32.9 Å². The SMILES string of the molecule is CC1(C)CN(C2c3ccccc3CCn3c2cccc3=O)n2ccc(=O)c(O)c2C1=O. The van der Waals surface area contributed by atoms with Crippen LogP contribution in [0.25, 0.3) is 0 Å². The van der Waals surface area contributed by atoms with Gasteiger partial charge in [-0.25, -0.2) is 0 Å². The molecule has 1 atom stereocenters. The first-order chi connectivity index (χ1) is 14.8. The van der Waals surface area contributed by atoms with Crippen LogP contribution in [0, 0.1) is 5.41 Å². The summed E-state index contributed by atoms with van der Waals surface area (Å²) in [6.45, 7) is 4.52. The van der Waals surface area contributed by atoms with Gasteiger partial charge in [0.05, 0.1) is 0 Å². The van der Waals surface area contributed by atoms with Gasteiger partial charge in [0.15, 0.2) is 17.2 Å². The lowest BCUT2D eigenvalue weighted by molar-refractivity contribution is 0.0786. The summed E-state index contributed by atoms with van der Waals surface area (Å²) in [5.74, 6) is -0.830. The molecule has 0 saturated carbocycles. The van der Waals surface area contributed by atoms with E-state index in [1.165, 1.54) is 12.3 Å². The van der Waals surface area contributed by atoms with E-state index in [2.05, 4.69) is 6.07 Å². The Labute approximate surface area is 178 Å². The molecule has 1 aromatic carbocycles. The average molecular weight is 417 g/mol. The normalized spacial score (nSPS) is 19.2. The Morgan fingerprint density at radius 1 is 1.00 bits per heavy atom.